The molecule has 4 aromatic rings. The molecule has 7 heteroatoms. The van der Waals surface area contributed by atoms with Crippen molar-refractivity contribution in [1.29, 1.82) is 0 Å². The Balaban J connectivity index is 1.73. The molecule has 0 aliphatic heterocycles. The van der Waals surface area contributed by atoms with Crippen molar-refractivity contribution in [3.63, 3.8) is 0 Å². The van der Waals surface area contributed by atoms with Gasteiger partial charge in [-0.15, -0.1) is 0 Å². The summed E-state index contributed by atoms with van der Waals surface area (Å²) >= 11 is 0. The summed E-state index contributed by atoms with van der Waals surface area (Å²) in [6.45, 7) is 6.14. The van der Waals surface area contributed by atoms with E-state index in [0.717, 1.165) is 22.5 Å². The van der Waals surface area contributed by atoms with Gasteiger partial charge in [0, 0.05) is 23.0 Å². The van der Waals surface area contributed by atoms with Crippen LogP contribution in [0.5, 0.6) is 0 Å². The van der Waals surface area contributed by atoms with Crippen LogP contribution >= 0.6 is 0 Å². The molecule has 1 aromatic carbocycles. The molecule has 1 N–H and O–H groups in total. The van der Waals surface area contributed by atoms with Gasteiger partial charge >= 0.3 is 0 Å². The fraction of sp³-hybridized carbons (Fsp3) is 0.250. The summed E-state index contributed by atoms with van der Waals surface area (Å²) in [5, 5.41) is 8.72. The Hall–Kier alpha value is -3.74. The van der Waals surface area contributed by atoms with E-state index in [9.17, 15) is 9.59 Å². The first-order chi connectivity index (χ1) is 15.0. The molecule has 1 amide bonds. The number of rotatable bonds is 6. The van der Waals surface area contributed by atoms with Gasteiger partial charge in [-0.1, -0.05) is 31.2 Å². The average molecular weight is 415 g/mol. The Morgan fingerprint density at radius 2 is 1.81 bits per heavy atom. The number of hydrogen-bond acceptors (Lipinski definition) is 4. The molecular weight excluding hydrogens is 390 g/mol. The lowest BCUT2D eigenvalue weighted by atomic mass is 10.2. The maximum Gasteiger partial charge on any atom is 0.281 e. The molecule has 0 spiro atoms. The third-order valence-corrected chi connectivity index (χ3v) is 5.62. The van der Waals surface area contributed by atoms with Gasteiger partial charge in [0.2, 0.25) is 5.91 Å². The minimum Gasteiger partial charge on any atom is -0.349 e. The second kappa shape index (κ2) is 8.55. The topological polar surface area (TPSA) is 81.8 Å². The molecule has 4 rings (SSSR count). The number of hydrogen-bond donors (Lipinski definition) is 1. The lowest BCUT2D eigenvalue weighted by molar-refractivity contribution is -0.124. The third-order valence-electron chi connectivity index (χ3n) is 5.62. The molecule has 0 saturated carbocycles. The number of aryl methyl sites for hydroxylation is 2. The second-order valence-electron chi connectivity index (χ2n) is 7.49. The summed E-state index contributed by atoms with van der Waals surface area (Å²) in [4.78, 5) is 30.6. The molecule has 0 unspecified atom stereocenters. The molecule has 0 aliphatic carbocycles. The Morgan fingerprint density at radius 1 is 1.06 bits per heavy atom. The first-order valence-electron chi connectivity index (χ1n) is 10.4. The van der Waals surface area contributed by atoms with E-state index in [0.29, 0.717) is 24.0 Å². The Labute approximate surface area is 180 Å². The zero-order chi connectivity index (χ0) is 22.0. The minimum atomic E-state index is -0.430. The lowest BCUT2D eigenvalue weighted by Crippen LogP contribution is -2.33. The summed E-state index contributed by atoms with van der Waals surface area (Å²) in [7, 11) is 0. The van der Waals surface area contributed by atoms with Crippen molar-refractivity contribution < 1.29 is 4.79 Å². The van der Waals surface area contributed by atoms with Crippen LogP contribution in [0.3, 0.4) is 0 Å². The van der Waals surface area contributed by atoms with Crippen molar-refractivity contribution >= 4 is 16.7 Å². The van der Waals surface area contributed by atoms with E-state index in [-0.39, 0.29) is 11.5 Å². The van der Waals surface area contributed by atoms with E-state index in [2.05, 4.69) is 15.4 Å². The molecule has 31 heavy (non-hydrogen) atoms. The maximum absolute atomic E-state index is 13.3. The van der Waals surface area contributed by atoms with E-state index >= 15 is 0 Å². The standard InChI is InChI=1S/C24H25N5O2/c1-4-21(23(30)26-14-18-10-8-9-13-25-18)28-16(2)20-15-27-29(19-11-6-5-7-12-19)24(31)22(20)17(28)3/h5-13,15,21H,4,14H2,1-3H3,(H,26,30)/t21-/m0/s1. The van der Waals surface area contributed by atoms with Crippen LogP contribution < -0.4 is 10.9 Å². The van der Waals surface area contributed by atoms with Crippen molar-refractivity contribution in [2.24, 2.45) is 0 Å². The van der Waals surface area contributed by atoms with Crippen LogP contribution in [0.15, 0.2) is 65.7 Å². The van der Waals surface area contributed by atoms with Crippen LogP contribution in [-0.4, -0.2) is 25.2 Å². The fourth-order valence-electron chi connectivity index (χ4n) is 4.08. The van der Waals surface area contributed by atoms with Crippen LogP contribution in [-0.2, 0) is 11.3 Å². The van der Waals surface area contributed by atoms with Crippen molar-refractivity contribution in [3.05, 3.63) is 88.4 Å². The molecule has 1 atom stereocenters. The summed E-state index contributed by atoms with van der Waals surface area (Å²) < 4.78 is 3.36. The maximum atomic E-state index is 13.3. The Morgan fingerprint density at radius 3 is 2.48 bits per heavy atom. The van der Waals surface area contributed by atoms with Gasteiger partial charge in [-0.25, -0.2) is 0 Å². The van der Waals surface area contributed by atoms with Gasteiger partial charge in [0.1, 0.15) is 6.04 Å². The van der Waals surface area contributed by atoms with E-state index < -0.39 is 6.04 Å². The number of nitrogens with zero attached hydrogens (tertiary/aromatic N) is 4. The molecule has 0 saturated heterocycles. The number of para-hydroxylation sites is 1. The fourth-order valence-corrected chi connectivity index (χ4v) is 4.08. The summed E-state index contributed by atoms with van der Waals surface area (Å²) in [5.74, 6) is -0.101. The van der Waals surface area contributed by atoms with Gasteiger partial charge in [0.15, 0.2) is 0 Å². The molecule has 7 nitrogen and oxygen atoms in total. The van der Waals surface area contributed by atoms with Crippen molar-refractivity contribution in [2.75, 3.05) is 0 Å². The largest absolute Gasteiger partial charge is 0.349 e. The summed E-state index contributed by atoms with van der Waals surface area (Å²) in [6, 6.07) is 14.5. The number of amides is 1. The van der Waals surface area contributed by atoms with E-state index in [4.69, 9.17) is 0 Å². The molecule has 3 aromatic heterocycles. The van der Waals surface area contributed by atoms with Crippen LogP contribution in [0.25, 0.3) is 16.5 Å². The highest BCUT2D eigenvalue weighted by atomic mass is 16.2. The molecular formula is C24H25N5O2. The van der Waals surface area contributed by atoms with E-state index in [1.54, 1.807) is 12.4 Å². The van der Waals surface area contributed by atoms with Gasteiger partial charge < -0.3 is 9.88 Å². The monoisotopic (exact) mass is 415 g/mol. The number of carbonyl (C=O) groups excluding carboxylic acids is 1. The SMILES string of the molecule is CC[C@@H](C(=O)NCc1ccccn1)n1c(C)c2cnn(-c3ccccc3)c(=O)c2c1C. The second-order valence-corrected chi connectivity index (χ2v) is 7.49. The highest BCUT2D eigenvalue weighted by Gasteiger charge is 2.25. The third kappa shape index (κ3) is 3.74. The molecule has 0 aliphatic rings. The number of carbonyl (C=O) groups is 1. The zero-order valence-electron chi connectivity index (χ0n) is 17.9. The zero-order valence-corrected chi connectivity index (χ0v) is 17.9. The molecule has 0 fully saturated rings. The highest BCUT2D eigenvalue weighted by Crippen LogP contribution is 2.28. The predicted octanol–water partition coefficient (Wildman–Crippen LogP) is 3.47. The molecule has 158 valence electrons. The van der Waals surface area contributed by atoms with Gasteiger partial charge in [0.05, 0.1) is 29.5 Å². The van der Waals surface area contributed by atoms with Crippen molar-refractivity contribution in [1.82, 2.24) is 24.6 Å². The normalized spacial score (nSPS) is 12.1. The number of fused-ring (bicyclic) bond motifs is 1. The minimum absolute atomic E-state index is 0.101. The number of benzene rings is 1. The quantitative estimate of drug-likeness (QED) is 0.523. The first kappa shape index (κ1) is 20.5. The van der Waals surface area contributed by atoms with Crippen LogP contribution in [0.4, 0.5) is 0 Å². The number of aromatic nitrogens is 4. The van der Waals surface area contributed by atoms with Crippen molar-refractivity contribution in [2.45, 2.75) is 39.8 Å². The summed E-state index contributed by atoms with van der Waals surface area (Å²) in [6.07, 6.45) is 4.01. The lowest BCUT2D eigenvalue weighted by Gasteiger charge is -2.20. The number of pyridine rings is 1. The Kier molecular flexibility index (Phi) is 5.66. The van der Waals surface area contributed by atoms with Crippen LogP contribution in [0, 0.1) is 13.8 Å². The van der Waals surface area contributed by atoms with Crippen LogP contribution in [0.2, 0.25) is 0 Å². The molecule has 3 heterocycles. The van der Waals surface area contributed by atoms with Gasteiger partial charge in [-0.2, -0.15) is 9.78 Å². The Bertz CT molecular complexity index is 1280. The van der Waals surface area contributed by atoms with Gasteiger partial charge in [-0.05, 0) is 44.5 Å². The first-order valence-corrected chi connectivity index (χ1v) is 10.4. The van der Waals surface area contributed by atoms with Crippen molar-refractivity contribution in [3.8, 4) is 5.69 Å². The number of nitrogens with one attached hydrogen (secondary N) is 1. The van der Waals surface area contributed by atoms with Gasteiger partial charge in [-0.3, -0.25) is 14.6 Å². The average Bonchev–Trinajstić information content (AvgIpc) is 3.05. The van der Waals surface area contributed by atoms with E-state index in [1.165, 1.54) is 4.68 Å². The molecule has 0 bridgehead atoms. The highest BCUT2D eigenvalue weighted by molar-refractivity contribution is 5.89. The summed E-state index contributed by atoms with van der Waals surface area (Å²) in [5.41, 5.74) is 2.94. The van der Waals surface area contributed by atoms with Crippen LogP contribution in [0.1, 0.15) is 36.5 Å². The molecule has 0 radical (unpaired) electrons. The smallest absolute Gasteiger partial charge is 0.281 e. The predicted molar refractivity (Wildman–Crippen MR) is 120 cm³/mol. The van der Waals surface area contributed by atoms with E-state index in [1.807, 2.05) is 73.9 Å². The van der Waals surface area contributed by atoms with Gasteiger partial charge in [0.25, 0.3) is 5.56 Å².